The highest BCUT2D eigenvalue weighted by Crippen LogP contribution is 2.44. The highest BCUT2D eigenvalue weighted by Gasteiger charge is 2.49. The first kappa shape index (κ1) is 23.7. The summed E-state index contributed by atoms with van der Waals surface area (Å²) in [5, 5.41) is 9.15. The first-order valence-corrected chi connectivity index (χ1v) is 10.7. The van der Waals surface area contributed by atoms with Gasteiger partial charge < -0.3 is 34.2 Å². The molecular formula is C13H15BO13P2. The molecule has 2 rings (SSSR count). The number of phosphoric acid groups is 2. The van der Waals surface area contributed by atoms with Crippen molar-refractivity contribution in [2.45, 2.75) is 24.3 Å². The number of benzene rings is 1. The second-order valence-corrected chi connectivity index (χ2v) is 8.14. The first-order chi connectivity index (χ1) is 13.3. The molecule has 4 atom stereocenters. The van der Waals surface area contributed by atoms with Crippen LogP contribution in [0.1, 0.15) is 20.7 Å². The third-order valence-corrected chi connectivity index (χ3v) is 4.64. The Labute approximate surface area is 164 Å². The van der Waals surface area contributed by atoms with Gasteiger partial charge in [0, 0.05) is 0 Å². The summed E-state index contributed by atoms with van der Waals surface area (Å²) in [6.07, 6.45) is -4.97. The fraction of sp³-hybridized carbons (Fsp3) is 0.385. The molecule has 1 fully saturated rings. The van der Waals surface area contributed by atoms with Crippen molar-refractivity contribution in [3.8, 4) is 0 Å². The van der Waals surface area contributed by atoms with E-state index in [9.17, 15) is 18.7 Å². The molecule has 0 aromatic heterocycles. The van der Waals surface area contributed by atoms with E-state index in [2.05, 4.69) is 9.05 Å². The van der Waals surface area contributed by atoms with Crippen molar-refractivity contribution in [2.24, 2.45) is 0 Å². The highest BCUT2D eigenvalue weighted by atomic mass is 31.2. The van der Waals surface area contributed by atoms with Crippen LogP contribution in [-0.4, -0.2) is 75.4 Å². The zero-order valence-electron chi connectivity index (χ0n) is 14.3. The van der Waals surface area contributed by atoms with Crippen LogP contribution in [0.15, 0.2) is 24.3 Å². The van der Waals surface area contributed by atoms with Crippen LogP contribution < -0.4 is 0 Å². The Balaban J connectivity index is 2.26. The quantitative estimate of drug-likeness (QED) is 0.190. The van der Waals surface area contributed by atoms with Crippen molar-refractivity contribution in [3.05, 3.63) is 35.4 Å². The number of rotatable bonds is 8. The number of carbonyl (C=O) groups excluding carboxylic acids is 1. The summed E-state index contributed by atoms with van der Waals surface area (Å²) in [4.78, 5) is 59.3. The molecule has 29 heavy (non-hydrogen) atoms. The topological polar surface area (TPSA) is 206 Å². The Morgan fingerprint density at radius 3 is 2.14 bits per heavy atom. The van der Waals surface area contributed by atoms with E-state index in [-0.39, 0.29) is 5.56 Å². The maximum absolute atomic E-state index is 12.4. The summed E-state index contributed by atoms with van der Waals surface area (Å²) in [6.45, 7) is -0.900. The van der Waals surface area contributed by atoms with Gasteiger partial charge in [0.1, 0.15) is 26.2 Å². The molecule has 1 saturated heterocycles. The van der Waals surface area contributed by atoms with Crippen LogP contribution in [0.2, 0.25) is 0 Å². The molecule has 0 saturated carbocycles. The summed E-state index contributed by atoms with van der Waals surface area (Å²) >= 11 is 0. The Kier molecular flexibility index (Phi) is 7.39. The van der Waals surface area contributed by atoms with Gasteiger partial charge in [-0.2, -0.15) is 0 Å². The fourth-order valence-corrected chi connectivity index (χ4v) is 3.43. The fourth-order valence-electron chi connectivity index (χ4n) is 2.52. The minimum Gasteiger partial charge on any atom is -0.478 e. The molecule has 13 nitrogen and oxygen atoms in total. The van der Waals surface area contributed by atoms with Crippen LogP contribution in [0.4, 0.5) is 0 Å². The number of esters is 1. The van der Waals surface area contributed by atoms with E-state index >= 15 is 0 Å². The van der Waals surface area contributed by atoms with Crippen molar-refractivity contribution in [1.82, 2.24) is 0 Å². The lowest BCUT2D eigenvalue weighted by atomic mass is 9.92. The average molecular weight is 452 g/mol. The SMILES string of the molecule is [B][C@@H]1O[C@H](COP(=O)(O)O)C(OP(=O)(O)O)C1OC(=O)c1ccccc1C(=O)O. The van der Waals surface area contributed by atoms with E-state index in [0.29, 0.717) is 0 Å². The highest BCUT2D eigenvalue weighted by molar-refractivity contribution is 7.46. The second-order valence-electron chi connectivity index (χ2n) is 5.71. The maximum atomic E-state index is 12.4. The van der Waals surface area contributed by atoms with Crippen LogP contribution in [0.5, 0.6) is 0 Å². The van der Waals surface area contributed by atoms with Crippen molar-refractivity contribution in [2.75, 3.05) is 6.61 Å². The summed E-state index contributed by atoms with van der Waals surface area (Å²) in [5.41, 5.74) is -0.782. The Morgan fingerprint density at radius 2 is 1.62 bits per heavy atom. The minimum atomic E-state index is -5.19. The molecule has 0 spiro atoms. The number of carboxylic acids is 1. The zero-order valence-corrected chi connectivity index (χ0v) is 16.1. The molecule has 1 aromatic rings. The van der Waals surface area contributed by atoms with Gasteiger partial charge in [0.15, 0.2) is 0 Å². The summed E-state index contributed by atoms with van der Waals surface area (Å²) in [6, 6.07) is 3.46. The Morgan fingerprint density at radius 1 is 1.03 bits per heavy atom. The number of phosphoric ester groups is 2. The summed E-state index contributed by atoms with van der Waals surface area (Å²) in [5.74, 6) is -2.64. The molecule has 0 amide bonds. The molecule has 2 unspecified atom stereocenters. The number of aromatic carboxylic acids is 1. The lowest BCUT2D eigenvalue weighted by Crippen LogP contribution is -2.40. The molecule has 1 heterocycles. The van der Waals surface area contributed by atoms with E-state index in [0.717, 1.165) is 12.1 Å². The van der Waals surface area contributed by atoms with Gasteiger partial charge in [0.2, 0.25) is 0 Å². The molecular weight excluding hydrogens is 437 g/mol. The van der Waals surface area contributed by atoms with E-state index < -0.39 is 64.1 Å². The number of carbonyl (C=O) groups is 2. The van der Waals surface area contributed by atoms with Gasteiger partial charge in [-0.25, -0.2) is 18.7 Å². The third-order valence-electron chi connectivity index (χ3n) is 3.63. The van der Waals surface area contributed by atoms with E-state index in [1.54, 1.807) is 0 Å². The molecule has 2 radical (unpaired) electrons. The molecule has 158 valence electrons. The maximum Gasteiger partial charge on any atom is 0.470 e. The third kappa shape index (κ3) is 6.71. The predicted molar refractivity (Wildman–Crippen MR) is 91.9 cm³/mol. The van der Waals surface area contributed by atoms with Crippen molar-refractivity contribution >= 4 is 35.4 Å². The Hall–Kier alpha value is -1.60. The number of ether oxygens (including phenoxy) is 2. The van der Waals surface area contributed by atoms with Gasteiger partial charge in [0.05, 0.1) is 23.7 Å². The molecule has 16 heteroatoms. The molecule has 1 aliphatic rings. The largest absolute Gasteiger partial charge is 0.478 e. The standard InChI is InChI=1S/C13H15BO13P2/c14-11-10(26-13(17)7-4-2-1-3-6(7)12(15)16)9(27-29(21,22)23)8(25-11)5-24-28(18,19)20/h1-4,8-11H,5H2,(H,15,16)(H2,18,19,20)(H2,21,22,23)/t8-,9?,10?,11-/m1/s1. The first-order valence-electron chi connectivity index (χ1n) is 7.67. The van der Waals surface area contributed by atoms with Crippen LogP contribution in [-0.2, 0) is 27.7 Å². The van der Waals surface area contributed by atoms with Crippen LogP contribution in [0, 0.1) is 0 Å². The van der Waals surface area contributed by atoms with E-state index in [1.807, 2.05) is 0 Å². The normalized spacial score (nSPS) is 25.0. The average Bonchev–Trinajstić information content (AvgIpc) is 2.86. The molecule has 0 bridgehead atoms. The van der Waals surface area contributed by atoms with Gasteiger partial charge in [-0.15, -0.1) is 0 Å². The molecule has 0 aliphatic carbocycles. The monoisotopic (exact) mass is 452 g/mol. The minimum absolute atomic E-state index is 0.378. The summed E-state index contributed by atoms with van der Waals surface area (Å²) < 4.78 is 41.0. The predicted octanol–water partition coefficient (Wildman–Crippen LogP) is -0.609. The number of hydrogen-bond donors (Lipinski definition) is 5. The van der Waals surface area contributed by atoms with Gasteiger partial charge >= 0.3 is 27.6 Å². The Bertz CT molecular complexity index is 864. The van der Waals surface area contributed by atoms with Crippen molar-refractivity contribution in [1.29, 1.82) is 0 Å². The van der Waals surface area contributed by atoms with E-state index in [4.69, 9.17) is 42.0 Å². The van der Waals surface area contributed by atoms with E-state index in [1.165, 1.54) is 12.1 Å². The molecule has 5 N–H and O–H groups in total. The number of hydrogen-bond acceptors (Lipinski definition) is 8. The smallest absolute Gasteiger partial charge is 0.470 e. The van der Waals surface area contributed by atoms with Gasteiger partial charge in [-0.1, -0.05) is 12.1 Å². The molecule has 1 aromatic carbocycles. The number of carboxylic acid groups (broad SMARTS) is 1. The van der Waals surface area contributed by atoms with Gasteiger partial charge in [-0.05, 0) is 12.1 Å². The lowest BCUT2D eigenvalue weighted by molar-refractivity contribution is -0.0170. The van der Waals surface area contributed by atoms with Gasteiger partial charge in [0.25, 0.3) is 0 Å². The van der Waals surface area contributed by atoms with Crippen LogP contribution >= 0.6 is 15.6 Å². The second kappa shape index (κ2) is 9.05. The lowest BCUT2D eigenvalue weighted by Gasteiger charge is -2.24. The van der Waals surface area contributed by atoms with Crippen molar-refractivity contribution in [3.63, 3.8) is 0 Å². The summed E-state index contributed by atoms with van der Waals surface area (Å²) in [7, 11) is -4.52. The zero-order chi connectivity index (χ0) is 22.0. The van der Waals surface area contributed by atoms with Crippen molar-refractivity contribution < 1.29 is 61.9 Å². The van der Waals surface area contributed by atoms with Crippen LogP contribution in [0.25, 0.3) is 0 Å². The van der Waals surface area contributed by atoms with Crippen LogP contribution in [0.3, 0.4) is 0 Å². The molecule has 1 aliphatic heterocycles. The van der Waals surface area contributed by atoms with Gasteiger partial charge in [-0.3, -0.25) is 9.05 Å².